The van der Waals surface area contributed by atoms with E-state index < -0.39 is 5.82 Å². The molecule has 0 spiro atoms. The maximum atomic E-state index is 13.3. The van der Waals surface area contributed by atoms with E-state index in [1.807, 2.05) is 0 Å². The number of benzene rings is 1. The van der Waals surface area contributed by atoms with E-state index in [-0.39, 0.29) is 19.1 Å². The lowest BCUT2D eigenvalue weighted by atomic mass is 10.2. The highest BCUT2D eigenvalue weighted by Gasteiger charge is 2.19. The number of hydrogen-bond donors (Lipinski definition) is 1. The maximum Gasteiger partial charge on any atom is 0.231 e. The van der Waals surface area contributed by atoms with Gasteiger partial charge >= 0.3 is 0 Å². The number of hydrogen-bond acceptors (Lipinski definition) is 3. The highest BCUT2D eigenvalue weighted by molar-refractivity contribution is 5.45. The molecule has 1 aliphatic rings. The summed E-state index contributed by atoms with van der Waals surface area (Å²) < 4.78 is 23.2. The Morgan fingerprint density at radius 2 is 2.25 bits per heavy atom. The van der Waals surface area contributed by atoms with Crippen LogP contribution >= 0.6 is 0 Å². The van der Waals surface area contributed by atoms with Gasteiger partial charge in [0.15, 0.2) is 11.6 Å². The molecule has 0 radical (unpaired) electrons. The summed E-state index contributed by atoms with van der Waals surface area (Å²) in [4.78, 5) is 0. The normalized spacial score (nSPS) is 13.5. The second kappa shape index (κ2) is 2.64. The number of nitrogens with two attached hydrogens (primary N) is 1. The molecular weight excluding hydrogens is 161 g/mol. The van der Waals surface area contributed by atoms with Crippen LogP contribution in [0.4, 0.5) is 4.39 Å². The zero-order valence-electron chi connectivity index (χ0n) is 6.34. The van der Waals surface area contributed by atoms with Gasteiger partial charge in [-0.15, -0.1) is 0 Å². The van der Waals surface area contributed by atoms with Gasteiger partial charge in [0.05, 0.1) is 0 Å². The molecular formula is C8H8FNO2. The summed E-state index contributed by atoms with van der Waals surface area (Å²) in [6.45, 7) is 0.253. The lowest BCUT2D eigenvalue weighted by Crippen LogP contribution is -2.00. The molecule has 1 aliphatic heterocycles. The first-order chi connectivity index (χ1) is 5.83. The van der Waals surface area contributed by atoms with Crippen LogP contribution in [0.5, 0.6) is 11.5 Å². The van der Waals surface area contributed by atoms with Crippen molar-refractivity contribution in [3.8, 4) is 11.5 Å². The van der Waals surface area contributed by atoms with Crippen LogP contribution in [0.15, 0.2) is 12.1 Å². The van der Waals surface area contributed by atoms with Crippen LogP contribution in [0.25, 0.3) is 0 Å². The van der Waals surface area contributed by atoms with Gasteiger partial charge < -0.3 is 15.2 Å². The number of ether oxygens (including phenoxy) is 2. The second-order valence-electron chi connectivity index (χ2n) is 2.48. The van der Waals surface area contributed by atoms with Crippen molar-refractivity contribution in [3.05, 3.63) is 23.5 Å². The van der Waals surface area contributed by atoms with Gasteiger partial charge in [-0.1, -0.05) is 6.07 Å². The predicted octanol–water partition coefficient (Wildman–Crippen LogP) is 1.01. The van der Waals surface area contributed by atoms with Crippen molar-refractivity contribution in [2.24, 2.45) is 5.73 Å². The van der Waals surface area contributed by atoms with Crippen LogP contribution in [0, 0.1) is 5.82 Å². The smallest absolute Gasteiger partial charge is 0.231 e. The minimum atomic E-state index is -0.410. The van der Waals surface area contributed by atoms with Crippen LogP contribution in [0.2, 0.25) is 0 Å². The second-order valence-corrected chi connectivity index (χ2v) is 2.48. The summed E-state index contributed by atoms with van der Waals surface area (Å²) >= 11 is 0. The fourth-order valence-corrected chi connectivity index (χ4v) is 1.14. The Bertz CT molecular complexity index is 314. The van der Waals surface area contributed by atoms with Gasteiger partial charge in [0.25, 0.3) is 0 Å². The Kier molecular flexibility index (Phi) is 1.62. The highest BCUT2D eigenvalue weighted by atomic mass is 19.1. The van der Waals surface area contributed by atoms with Gasteiger partial charge in [-0.25, -0.2) is 4.39 Å². The summed E-state index contributed by atoms with van der Waals surface area (Å²) in [6.07, 6.45) is 0. The lowest BCUT2D eigenvalue weighted by Gasteiger charge is -2.01. The topological polar surface area (TPSA) is 44.5 Å². The molecule has 1 heterocycles. The largest absolute Gasteiger partial charge is 0.453 e. The van der Waals surface area contributed by atoms with E-state index in [2.05, 4.69) is 0 Å². The van der Waals surface area contributed by atoms with Crippen molar-refractivity contribution in [1.82, 2.24) is 0 Å². The van der Waals surface area contributed by atoms with Gasteiger partial charge in [-0.3, -0.25) is 0 Å². The Hall–Kier alpha value is -1.29. The molecule has 0 bridgehead atoms. The standard InChI is InChI=1S/C8H8FNO2/c9-7-5(3-10)1-2-6-8(7)12-4-11-6/h1-2H,3-4,10H2. The SMILES string of the molecule is NCc1ccc2c(c1F)OCO2. The molecule has 0 aromatic heterocycles. The highest BCUT2D eigenvalue weighted by Crippen LogP contribution is 2.35. The summed E-state index contributed by atoms with van der Waals surface area (Å²) in [6, 6.07) is 3.26. The zero-order valence-corrected chi connectivity index (χ0v) is 6.34. The molecule has 0 amide bonds. The third kappa shape index (κ3) is 0.921. The van der Waals surface area contributed by atoms with Crippen LogP contribution < -0.4 is 15.2 Å². The maximum absolute atomic E-state index is 13.3. The molecule has 0 saturated carbocycles. The molecule has 0 unspecified atom stereocenters. The summed E-state index contributed by atoms with van der Waals surface area (Å²) in [5.74, 6) is 0.218. The van der Waals surface area contributed by atoms with Crippen molar-refractivity contribution >= 4 is 0 Å². The van der Waals surface area contributed by atoms with Crippen molar-refractivity contribution < 1.29 is 13.9 Å². The van der Waals surface area contributed by atoms with E-state index in [9.17, 15) is 4.39 Å². The lowest BCUT2D eigenvalue weighted by molar-refractivity contribution is 0.170. The van der Waals surface area contributed by atoms with Crippen molar-refractivity contribution in [3.63, 3.8) is 0 Å². The summed E-state index contributed by atoms with van der Waals surface area (Å²) in [5.41, 5.74) is 5.75. The van der Waals surface area contributed by atoms with Crippen molar-refractivity contribution in [2.75, 3.05) is 6.79 Å². The van der Waals surface area contributed by atoms with E-state index in [1.54, 1.807) is 12.1 Å². The minimum Gasteiger partial charge on any atom is -0.453 e. The monoisotopic (exact) mass is 169 g/mol. The first-order valence-corrected chi connectivity index (χ1v) is 3.60. The molecule has 1 aromatic rings. The van der Waals surface area contributed by atoms with E-state index in [4.69, 9.17) is 15.2 Å². The van der Waals surface area contributed by atoms with E-state index in [0.29, 0.717) is 11.3 Å². The van der Waals surface area contributed by atoms with Crippen LogP contribution in [-0.4, -0.2) is 6.79 Å². The van der Waals surface area contributed by atoms with Gasteiger partial charge in [0.2, 0.25) is 12.5 Å². The number of rotatable bonds is 1. The molecule has 1 aromatic carbocycles. The van der Waals surface area contributed by atoms with Crippen LogP contribution in [0.3, 0.4) is 0 Å². The van der Waals surface area contributed by atoms with E-state index in [1.165, 1.54) is 0 Å². The Balaban J connectivity index is 2.54. The number of halogens is 1. The third-order valence-electron chi connectivity index (χ3n) is 1.78. The van der Waals surface area contributed by atoms with Crippen LogP contribution in [0.1, 0.15) is 5.56 Å². The van der Waals surface area contributed by atoms with Gasteiger partial charge in [-0.2, -0.15) is 0 Å². The van der Waals surface area contributed by atoms with Gasteiger partial charge in [-0.05, 0) is 6.07 Å². The van der Waals surface area contributed by atoms with E-state index >= 15 is 0 Å². The molecule has 0 saturated heterocycles. The molecule has 12 heavy (non-hydrogen) atoms. The molecule has 2 rings (SSSR count). The Morgan fingerprint density at radius 3 is 3.00 bits per heavy atom. The quantitative estimate of drug-likeness (QED) is 0.682. The number of fused-ring (bicyclic) bond motifs is 1. The average molecular weight is 169 g/mol. The molecule has 4 heteroatoms. The summed E-state index contributed by atoms with van der Waals surface area (Å²) in [5, 5.41) is 0. The predicted molar refractivity (Wildman–Crippen MR) is 40.4 cm³/mol. The van der Waals surface area contributed by atoms with Crippen molar-refractivity contribution in [2.45, 2.75) is 6.54 Å². The van der Waals surface area contributed by atoms with Crippen molar-refractivity contribution in [1.29, 1.82) is 0 Å². The molecule has 2 N–H and O–H groups in total. The minimum absolute atomic E-state index is 0.0836. The molecule has 0 fully saturated rings. The summed E-state index contributed by atoms with van der Waals surface area (Å²) in [7, 11) is 0. The first-order valence-electron chi connectivity index (χ1n) is 3.60. The molecule has 64 valence electrons. The zero-order chi connectivity index (χ0) is 8.55. The third-order valence-corrected chi connectivity index (χ3v) is 1.78. The van der Waals surface area contributed by atoms with Gasteiger partial charge in [0.1, 0.15) is 0 Å². The van der Waals surface area contributed by atoms with Crippen LogP contribution in [-0.2, 0) is 6.54 Å². The van der Waals surface area contributed by atoms with Gasteiger partial charge in [0, 0.05) is 12.1 Å². The first kappa shape index (κ1) is 7.36. The molecule has 3 nitrogen and oxygen atoms in total. The fourth-order valence-electron chi connectivity index (χ4n) is 1.14. The Morgan fingerprint density at radius 1 is 1.42 bits per heavy atom. The molecule has 0 aliphatic carbocycles. The fraction of sp³-hybridized carbons (Fsp3) is 0.250. The van der Waals surface area contributed by atoms with E-state index in [0.717, 1.165) is 0 Å². The molecule has 0 atom stereocenters. The Labute approximate surface area is 68.9 Å². The average Bonchev–Trinajstić information content (AvgIpc) is 2.53.